The number of fused-ring (bicyclic) bond motifs is 2. The molecule has 1 saturated heterocycles. The molecule has 2 aliphatic rings. The Labute approximate surface area is 244 Å². The molecule has 0 radical (unpaired) electrons. The Bertz CT molecular complexity index is 1820. The molecule has 5 aromatic rings. The third-order valence-corrected chi connectivity index (χ3v) is 8.43. The molecular formula is C32H36N8O2. The fourth-order valence-electron chi connectivity index (χ4n) is 6.09. The smallest absolute Gasteiger partial charge is 0.254 e. The normalized spacial score (nSPS) is 17.2. The maximum Gasteiger partial charge on any atom is 0.254 e. The van der Waals surface area contributed by atoms with Crippen LogP contribution in [0.3, 0.4) is 0 Å². The molecule has 1 aromatic carbocycles. The number of piperidine rings is 1. The van der Waals surface area contributed by atoms with Gasteiger partial charge in [-0.25, -0.2) is 9.97 Å². The van der Waals surface area contributed by atoms with Gasteiger partial charge in [-0.15, -0.1) is 0 Å². The molecule has 0 spiro atoms. The van der Waals surface area contributed by atoms with Crippen LogP contribution in [0, 0.1) is 12.8 Å². The van der Waals surface area contributed by atoms with E-state index in [2.05, 4.69) is 31.6 Å². The number of rotatable bonds is 7. The predicted molar refractivity (Wildman–Crippen MR) is 164 cm³/mol. The average molecular weight is 565 g/mol. The molecule has 3 N–H and O–H groups in total. The number of likely N-dealkylation sites (tertiary alicyclic amines) is 1. The molecule has 1 amide bonds. The van der Waals surface area contributed by atoms with Gasteiger partial charge in [-0.3, -0.25) is 9.78 Å². The number of aryl methyl sites for hydroxylation is 2. The van der Waals surface area contributed by atoms with Crippen LogP contribution in [0.25, 0.3) is 33.6 Å². The molecule has 2 fully saturated rings. The number of benzene rings is 1. The fraction of sp³-hybridized carbons (Fsp3) is 0.375. The third kappa shape index (κ3) is 4.85. The molecule has 10 heteroatoms. The zero-order valence-corrected chi connectivity index (χ0v) is 24.3. The van der Waals surface area contributed by atoms with Gasteiger partial charge in [0.05, 0.1) is 18.3 Å². The number of carbonyl (C=O) groups excluding carboxylic acids is 1. The first-order chi connectivity index (χ1) is 20.4. The second kappa shape index (κ2) is 10.4. The van der Waals surface area contributed by atoms with E-state index in [9.17, 15) is 4.79 Å². The van der Waals surface area contributed by atoms with E-state index in [1.807, 2.05) is 49.2 Å². The van der Waals surface area contributed by atoms with Crippen molar-refractivity contribution in [1.82, 2.24) is 29.0 Å². The number of nitrogens with one attached hydrogen (secondary N) is 1. The minimum Gasteiger partial charge on any atom is -0.494 e. The predicted octanol–water partition coefficient (Wildman–Crippen LogP) is 5.02. The van der Waals surface area contributed by atoms with Crippen molar-refractivity contribution in [3.05, 3.63) is 59.9 Å². The minimum absolute atomic E-state index is 0.0151. The molecule has 5 heterocycles. The summed E-state index contributed by atoms with van der Waals surface area (Å²) in [4.78, 5) is 29.7. The molecule has 4 aromatic heterocycles. The lowest BCUT2D eigenvalue weighted by Crippen LogP contribution is -2.45. The van der Waals surface area contributed by atoms with Gasteiger partial charge in [-0.1, -0.05) is 0 Å². The summed E-state index contributed by atoms with van der Waals surface area (Å²) in [5.41, 5.74) is 12.1. The van der Waals surface area contributed by atoms with Crippen molar-refractivity contribution >= 4 is 39.5 Å². The second-order valence-electron chi connectivity index (χ2n) is 11.7. The van der Waals surface area contributed by atoms with Crippen LogP contribution in [0.2, 0.25) is 0 Å². The van der Waals surface area contributed by atoms with Gasteiger partial charge in [0.25, 0.3) is 5.91 Å². The number of anilines is 2. The van der Waals surface area contributed by atoms with Crippen molar-refractivity contribution in [2.24, 2.45) is 18.7 Å². The monoisotopic (exact) mass is 564 g/mol. The summed E-state index contributed by atoms with van der Waals surface area (Å²) in [5, 5.41) is 4.49. The Hall–Kier alpha value is -4.44. The highest BCUT2D eigenvalue weighted by atomic mass is 16.5. The molecular weight excluding hydrogens is 528 g/mol. The number of amides is 1. The number of imidazole rings is 1. The van der Waals surface area contributed by atoms with Crippen molar-refractivity contribution in [2.75, 3.05) is 25.5 Å². The lowest BCUT2D eigenvalue weighted by molar-refractivity contribution is 0.0708. The Morgan fingerprint density at radius 2 is 1.98 bits per heavy atom. The number of nitrogens with two attached hydrogens (primary N) is 1. The Balaban J connectivity index is 1.31. The highest BCUT2D eigenvalue weighted by Gasteiger charge is 2.28. The molecule has 1 aliphatic heterocycles. The number of ether oxygens (including phenoxy) is 1. The topological polar surface area (TPSA) is 116 Å². The van der Waals surface area contributed by atoms with E-state index in [0.717, 1.165) is 70.2 Å². The first-order valence-electron chi connectivity index (χ1n) is 14.7. The molecule has 0 bridgehead atoms. The van der Waals surface area contributed by atoms with E-state index in [4.69, 9.17) is 20.4 Å². The number of aromatic nitrogens is 5. The quantitative estimate of drug-likeness (QED) is 0.285. The highest BCUT2D eigenvalue weighted by Crippen LogP contribution is 2.38. The van der Waals surface area contributed by atoms with Crippen molar-refractivity contribution in [2.45, 2.75) is 45.2 Å². The summed E-state index contributed by atoms with van der Waals surface area (Å²) in [6.45, 7) is 4.14. The van der Waals surface area contributed by atoms with Crippen molar-refractivity contribution in [1.29, 1.82) is 0 Å². The van der Waals surface area contributed by atoms with Gasteiger partial charge >= 0.3 is 0 Å². The van der Waals surface area contributed by atoms with E-state index < -0.39 is 0 Å². The number of hydrogen-bond donors (Lipinski definition) is 2. The SMILES string of the molecule is COc1cc(C(=O)N2CCC[C@@H](N)C2)cc2nc(-c3cc4ccc(Nc5ccnc(C)c5)nc4n3CC3CC3)n(C)c12. The fourth-order valence-corrected chi connectivity index (χ4v) is 6.09. The average Bonchev–Trinajstić information content (AvgIpc) is 3.66. The van der Waals surface area contributed by atoms with Crippen LogP contribution in [0.15, 0.2) is 48.7 Å². The molecule has 1 aliphatic carbocycles. The Kier molecular flexibility index (Phi) is 6.57. The minimum atomic E-state index is -0.0333. The van der Waals surface area contributed by atoms with Crippen LogP contribution < -0.4 is 15.8 Å². The van der Waals surface area contributed by atoms with Crippen molar-refractivity contribution in [3.63, 3.8) is 0 Å². The number of hydrogen-bond acceptors (Lipinski definition) is 7. The van der Waals surface area contributed by atoms with Crippen LogP contribution in [0.4, 0.5) is 11.5 Å². The van der Waals surface area contributed by atoms with E-state index in [1.54, 1.807) is 13.3 Å². The van der Waals surface area contributed by atoms with Crippen LogP contribution in [-0.2, 0) is 13.6 Å². The Morgan fingerprint density at radius 1 is 1.12 bits per heavy atom. The number of carbonyl (C=O) groups is 1. The first-order valence-corrected chi connectivity index (χ1v) is 14.7. The molecule has 1 atom stereocenters. The second-order valence-corrected chi connectivity index (χ2v) is 11.7. The summed E-state index contributed by atoms with van der Waals surface area (Å²) in [6.07, 6.45) is 6.09. The maximum atomic E-state index is 13.5. The number of methoxy groups -OCH3 is 1. The van der Waals surface area contributed by atoms with Gasteiger partial charge in [-0.05, 0) is 81.0 Å². The molecule has 0 unspecified atom stereocenters. The van der Waals surface area contributed by atoms with E-state index in [0.29, 0.717) is 30.3 Å². The van der Waals surface area contributed by atoms with Gasteiger partial charge in [0, 0.05) is 61.3 Å². The van der Waals surface area contributed by atoms with E-state index >= 15 is 0 Å². The molecule has 1 saturated carbocycles. The lowest BCUT2D eigenvalue weighted by atomic mass is 10.0. The van der Waals surface area contributed by atoms with Gasteiger partial charge < -0.3 is 29.8 Å². The molecule has 216 valence electrons. The van der Waals surface area contributed by atoms with Crippen LogP contribution in [-0.4, -0.2) is 61.1 Å². The largest absolute Gasteiger partial charge is 0.494 e. The first kappa shape index (κ1) is 26.5. The molecule has 10 nitrogen and oxygen atoms in total. The van der Waals surface area contributed by atoms with Crippen molar-refractivity contribution < 1.29 is 9.53 Å². The summed E-state index contributed by atoms with van der Waals surface area (Å²) in [7, 11) is 3.64. The molecule has 7 rings (SSSR count). The highest BCUT2D eigenvalue weighted by molar-refractivity contribution is 6.00. The standard InChI is InChI=1S/C32H36N8O2/c1-19-13-24(10-11-34-19)35-28-9-8-21-15-26(40(30(21)37-28)17-20-6-7-20)31-36-25-14-22(16-27(42-3)29(25)38(31)2)32(41)39-12-4-5-23(33)18-39/h8-11,13-16,20,23H,4-7,12,17-18,33H2,1-3H3,(H,34,35,37)/t23-/m1/s1. The zero-order valence-electron chi connectivity index (χ0n) is 24.3. The van der Waals surface area contributed by atoms with Crippen LogP contribution in [0.1, 0.15) is 41.7 Å². The summed E-state index contributed by atoms with van der Waals surface area (Å²) in [5.74, 6) is 2.81. The summed E-state index contributed by atoms with van der Waals surface area (Å²) < 4.78 is 10.2. The van der Waals surface area contributed by atoms with Crippen molar-refractivity contribution in [3.8, 4) is 17.3 Å². The van der Waals surface area contributed by atoms with E-state index in [1.165, 1.54) is 12.8 Å². The van der Waals surface area contributed by atoms with Gasteiger partial charge in [0.2, 0.25) is 0 Å². The maximum absolute atomic E-state index is 13.5. The lowest BCUT2D eigenvalue weighted by Gasteiger charge is -2.30. The van der Waals surface area contributed by atoms with E-state index in [-0.39, 0.29) is 11.9 Å². The van der Waals surface area contributed by atoms with Crippen LogP contribution in [0.5, 0.6) is 5.75 Å². The Morgan fingerprint density at radius 3 is 2.74 bits per heavy atom. The van der Waals surface area contributed by atoms with Gasteiger partial charge in [0.1, 0.15) is 22.7 Å². The van der Waals surface area contributed by atoms with Gasteiger partial charge in [0.15, 0.2) is 5.82 Å². The van der Waals surface area contributed by atoms with Gasteiger partial charge in [-0.2, -0.15) is 0 Å². The number of nitrogens with zero attached hydrogens (tertiary/aromatic N) is 6. The third-order valence-electron chi connectivity index (χ3n) is 8.43. The zero-order chi connectivity index (χ0) is 29.0. The molecule has 42 heavy (non-hydrogen) atoms. The van der Waals surface area contributed by atoms with Crippen LogP contribution >= 0.6 is 0 Å². The number of pyridine rings is 2. The summed E-state index contributed by atoms with van der Waals surface area (Å²) in [6, 6.07) is 14.0. The summed E-state index contributed by atoms with van der Waals surface area (Å²) >= 11 is 0.